The van der Waals surface area contributed by atoms with Gasteiger partial charge in [0.15, 0.2) is 0 Å². The van der Waals surface area contributed by atoms with Gasteiger partial charge in [-0.25, -0.2) is 0 Å². The Morgan fingerprint density at radius 3 is 2.81 bits per heavy atom. The Bertz CT molecular complexity index is 519. The molecule has 1 amide bonds. The SMILES string of the molecule is CCOC1CC(N(C)C(=O)c2cc(C)[nH]n2)C12CCCC2. The normalized spacial score (nSPS) is 26.8. The minimum atomic E-state index is 0.0190. The number of hydrogen-bond acceptors (Lipinski definition) is 3. The topological polar surface area (TPSA) is 58.2 Å². The zero-order valence-electron chi connectivity index (χ0n) is 13.2. The molecule has 3 rings (SSSR count). The molecule has 1 heterocycles. The summed E-state index contributed by atoms with van der Waals surface area (Å²) in [5, 5.41) is 6.95. The van der Waals surface area contributed by atoms with E-state index in [9.17, 15) is 4.79 Å². The number of amides is 1. The van der Waals surface area contributed by atoms with E-state index in [2.05, 4.69) is 17.1 Å². The van der Waals surface area contributed by atoms with Crippen molar-refractivity contribution >= 4 is 5.91 Å². The van der Waals surface area contributed by atoms with Gasteiger partial charge in [0.2, 0.25) is 0 Å². The number of aryl methyl sites for hydroxylation is 1. The lowest BCUT2D eigenvalue weighted by atomic mass is 9.60. The number of nitrogens with one attached hydrogen (secondary N) is 1. The fourth-order valence-corrected chi connectivity index (χ4v) is 4.24. The van der Waals surface area contributed by atoms with E-state index in [1.54, 1.807) is 0 Å². The van der Waals surface area contributed by atoms with Crippen LogP contribution in [0.15, 0.2) is 6.07 Å². The van der Waals surface area contributed by atoms with Gasteiger partial charge in [0.1, 0.15) is 5.69 Å². The van der Waals surface area contributed by atoms with Crippen molar-refractivity contribution in [2.75, 3.05) is 13.7 Å². The minimum Gasteiger partial charge on any atom is -0.378 e. The Kier molecular flexibility index (Phi) is 3.78. The van der Waals surface area contributed by atoms with Gasteiger partial charge in [-0.3, -0.25) is 9.89 Å². The van der Waals surface area contributed by atoms with Gasteiger partial charge in [-0.1, -0.05) is 12.8 Å². The van der Waals surface area contributed by atoms with Crippen LogP contribution in [-0.2, 0) is 4.74 Å². The highest BCUT2D eigenvalue weighted by molar-refractivity contribution is 5.92. The van der Waals surface area contributed by atoms with Crippen molar-refractivity contribution in [2.24, 2.45) is 5.41 Å². The first-order chi connectivity index (χ1) is 10.1. The van der Waals surface area contributed by atoms with E-state index in [0.717, 1.165) is 18.7 Å². The molecule has 1 spiro atoms. The van der Waals surface area contributed by atoms with E-state index >= 15 is 0 Å². The zero-order chi connectivity index (χ0) is 15.0. The predicted molar refractivity (Wildman–Crippen MR) is 80.1 cm³/mol. The lowest BCUT2D eigenvalue weighted by molar-refractivity contribution is -0.152. The first-order valence-electron chi connectivity index (χ1n) is 7.99. The second kappa shape index (κ2) is 5.44. The summed E-state index contributed by atoms with van der Waals surface area (Å²) in [6.07, 6.45) is 6.15. The fourth-order valence-electron chi connectivity index (χ4n) is 4.24. The molecule has 2 atom stereocenters. The summed E-state index contributed by atoms with van der Waals surface area (Å²) in [4.78, 5) is 14.5. The first kappa shape index (κ1) is 14.6. The lowest BCUT2D eigenvalue weighted by Crippen LogP contribution is -2.64. The van der Waals surface area contributed by atoms with Crippen molar-refractivity contribution in [1.82, 2.24) is 15.1 Å². The van der Waals surface area contributed by atoms with E-state index in [0.29, 0.717) is 17.8 Å². The largest absolute Gasteiger partial charge is 0.378 e. The second-order valence-electron chi connectivity index (χ2n) is 6.49. The molecule has 2 saturated carbocycles. The Balaban J connectivity index is 1.75. The monoisotopic (exact) mass is 291 g/mol. The van der Waals surface area contributed by atoms with Crippen LogP contribution in [0.2, 0.25) is 0 Å². The lowest BCUT2D eigenvalue weighted by Gasteiger charge is -2.56. The molecule has 5 heteroatoms. The van der Waals surface area contributed by atoms with Crippen LogP contribution < -0.4 is 0 Å². The third-order valence-corrected chi connectivity index (χ3v) is 5.36. The van der Waals surface area contributed by atoms with Crippen molar-refractivity contribution in [3.05, 3.63) is 17.5 Å². The summed E-state index contributed by atoms with van der Waals surface area (Å²) in [5.41, 5.74) is 1.62. The molecule has 2 aliphatic rings. The van der Waals surface area contributed by atoms with Crippen LogP contribution in [-0.4, -0.2) is 46.8 Å². The Hall–Kier alpha value is -1.36. The molecule has 1 aromatic heterocycles. The van der Waals surface area contributed by atoms with E-state index < -0.39 is 0 Å². The molecule has 1 aromatic rings. The van der Waals surface area contributed by atoms with Crippen molar-refractivity contribution < 1.29 is 9.53 Å². The van der Waals surface area contributed by atoms with Crippen LogP contribution >= 0.6 is 0 Å². The maximum atomic E-state index is 12.6. The maximum absolute atomic E-state index is 12.6. The molecular weight excluding hydrogens is 266 g/mol. The summed E-state index contributed by atoms with van der Waals surface area (Å²) in [7, 11) is 1.92. The molecule has 21 heavy (non-hydrogen) atoms. The molecule has 116 valence electrons. The summed E-state index contributed by atoms with van der Waals surface area (Å²) < 4.78 is 5.93. The number of rotatable bonds is 4. The molecule has 1 N–H and O–H groups in total. The first-order valence-corrected chi connectivity index (χ1v) is 7.99. The molecular formula is C16H25N3O2. The van der Waals surface area contributed by atoms with E-state index in [4.69, 9.17) is 4.74 Å². The van der Waals surface area contributed by atoms with E-state index in [1.165, 1.54) is 25.7 Å². The maximum Gasteiger partial charge on any atom is 0.274 e. The van der Waals surface area contributed by atoms with Gasteiger partial charge in [-0.15, -0.1) is 0 Å². The summed E-state index contributed by atoms with van der Waals surface area (Å²) in [6.45, 7) is 4.73. The molecule has 0 saturated heterocycles. The van der Waals surface area contributed by atoms with Crippen LogP contribution in [0.25, 0.3) is 0 Å². The average Bonchev–Trinajstić information content (AvgIpc) is 3.11. The van der Waals surface area contributed by atoms with Crippen LogP contribution in [0.4, 0.5) is 0 Å². The summed E-state index contributed by atoms with van der Waals surface area (Å²) >= 11 is 0. The Labute approximate surface area is 126 Å². The van der Waals surface area contributed by atoms with E-state index in [-0.39, 0.29) is 11.3 Å². The van der Waals surface area contributed by atoms with Crippen molar-refractivity contribution in [2.45, 2.75) is 58.1 Å². The number of carbonyl (C=O) groups excluding carboxylic acids is 1. The molecule has 0 radical (unpaired) electrons. The molecule has 5 nitrogen and oxygen atoms in total. The minimum absolute atomic E-state index is 0.0190. The molecule has 2 unspecified atom stereocenters. The van der Waals surface area contributed by atoms with Crippen LogP contribution in [0.3, 0.4) is 0 Å². The molecule has 2 aliphatic carbocycles. The number of H-pyrrole nitrogens is 1. The van der Waals surface area contributed by atoms with Crippen molar-refractivity contribution in [3.8, 4) is 0 Å². The number of aromatic nitrogens is 2. The van der Waals surface area contributed by atoms with Crippen LogP contribution in [0, 0.1) is 12.3 Å². The Morgan fingerprint density at radius 2 is 2.24 bits per heavy atom. The summed E-state index contributed by atoms with van der Waals surface area (Å²) in [6, 6.07) is 2.11. The zero-order valence-corrected chi connectivity index (χ0v) is 13.2. The van der Waals surface area contributed by atoms with E-state index in [1.807, 2.05) is 24.9 Å². The number of aromatic amines is 1. The highest BCUT2D eigenvalue weighted by Crippen LogP contribution is 2.56. The molecule has 0 bridgehead atoms. The highest BCUT2D eigenvalue weighted by atomic mass is 16.5. The predicted octanol–water partition coefficient (Wildman–Crippen LogP) is 2.53. The van der Waals surface area contributed by atoms with Crippen LogP contribution in [0.1, 0.15) is 55.2 Å². The number of carbonyl (C=O) groups is 1. The number of hydrogen-bond donors (Lipinski definition) is 1. The number of ether oxygens (including phenoxy) is 1. The molecule has 0 aliphatic heterocycles. The third kappa shape index (κ3) is 2.27. The quantitative estimate of drug-likeness (QED) is 0.927. The van der Waals surface area contributed by atoms with Gasteiger partial charge in [-0.2, -0.15) is 5.10 Å². The van der Waals surface area contributed by atoms with Crippen molar-refractivity contribution in [1.29, 1.82) is 0 Å². The van der Waals surface area contributed by atoms with Gasteiger partial charge in [0, 0.05) is 30.8 Å². The average molecular weight is 291 g/mol. The van der Waals surface area contributed by atoms with Crippen LogP contribution in [0.5, 0.6) is 0 Å². The summed E-state index contributed by atoms with van der Waals surface area (Å²) in [5.74, 6) is 0.0190. The fraction of sp³-hybridized carbons (Fsp3) is 0.750. The molecule has 0 aromatic carbocycles. The van der Waals surface area contributed by atoms with Gasteiger partial charge in [0.25, 0.3) is 5.91 Å². The second-order valence-corrected chi connectivity index (χ2v) is 6.49. The smallest absolute Gasteiger partial charge is 0.274 e. The highest BCUT2D eigenvalue weighted by Gasteiger charge is 2.58. The van der Waals surface area contributed by atoms with Gasteiger partial charge in [-0.05, 0) is 39.2 Å². The standard InChI is InChI=1S/C16H25N3O2/c1-4-21-14-10-13(16(14)7-5-6-8-16)19(3)15(20)12-9-11(2)17-18-12/h9,13-14H,4-8,10H2,1-3H3,(H,17,18). The Morgan fingerprint density at radius 1 is 1.52 bits per heavy atom. The van der Waals surface area contributed by atoms with Crippen molar-refractivity contribution in [3.63, 3.8) is 0 Å². The van der Waals surface area contributed by atoms with Gasteiger partial charge >= 0.3 is 0 Å². The van der Waals surface area contributed by atoms with Gasteiger partial charge < -0.3 is 9.64 Å². The molecule has 2 fully saturated rings. The van der Waals surface area contributed by atoms with Gasteiger partial charge in [0.05, 0.1) is 6.10 Å². The third-order valence-electron chi connectivity index (χ3n) is 5.36. The number of nitrogens with zero attached hydrogens (tertiary/aromatic N) is 2.